The van der Waals surface area contributed by atoms with Crippen LogP contribution in [0.25, 0.3) is 0 Å². The third-order valence-corrected chi connectivity index (χ3v) is 2.12. The SMILES string of the molecule is COC(=O)N1CC(CO)OCC1C. The minimum absolute atomic E-state index is 0.00949. The van der Waals surface area contributed by atoms with Crippen LogP contribution in [0.5, 0.6) is 0 Å². The van der Waals surface area contributed by atoms with Crippen molar-refractivity contribution >= 4 is 6.09 Å². The summed E-state index contributed by atoms with van der Waals surface area (Å²) in [5.41, 5.74) is 0. The van der Waals surface area contributed by atoms with Crippen molar-refractivity contribution < 1.29 is 19.4 Å². The molecule has 0 spiro atoms. The maximum Gasteiger partial charge on any atom is 0.409 e. The van der Waals surface area contributed by atoms with Crippen molar-refractivity contribution in [3.05, 3.63) is 0 Å². The summed E-state index contributed by atoms with van der Waals surface area (Å²) in [6, 6.07) is 0.00949. The fraction of sp³-hybridized carbons (Fsp3) is 0.875. The molecular formula is C8H15NO4. The van der Waals surface area contributed by atoms with Gasteiger partial charge in [0, 0.05) is 0 Å². The van der Waals surface area contributed by atoms with E-state index >= 15 is 0 Å². The number of aliphatic hydroxyl groups excluding tert-OH is 1. The van der Waals surface area contributed by atoms with Crippen molar-refractivity contribution in [2.75, 3.05) is 26.9 Å². The third-order valence-electron chi connectivity index (χ3n) is 2.12. The molecule has 0 aromatic carbocycles. The third kappa shape index (κ3) is 2.32. The van der Waals surface area contributed by atoms with Gasteiger partial charge in [-0.15, -0.1) is 0 Å². The van der Waals surface area contributed by atoms with Crippen molar-refractivity contribution in [1.29, 1.82) is 0 Å². The van der Waals surface area contributed by atoms with Crippen LogP contribution in [0.2, 0.25) is 0 Å². The Balaban J connectivity index is 2.54. The Bertz CT molecular complexity index is 185. The average Bonchev–Trinajstić information content (AvgIpc) is 2.17. The molecule has 0 aromatic rings. The van der Waals surface area contributed by atoms with Gasteiger partial charge in [-0.25, -0.2) is 4.79 Å². The number of hydrogen-bond donors (Lipinski definition) is 1. The summed E-state index contributed by atoms with van der Waals surface area (Å²) >= 11 is 0. The topological polar surface area (TPSA) is 59.0 Å². The number of carbonyl (C=O) groups is 1. The number of aliphatic hydroxyl groups is 1. The molecule has 2 unspecified atom stereocenters. The molecule has 0 bridgehead atoms. The predicted molar refractivity (Wildman–Crippen MR) is 45.4 cm³/mol. The van der Waals surface area contributed by atoms with Gasteiger partial charge in [0.05, 0.1) is 39.0 Å². The van der Waals surface area contributed by atoms with Gasteiger partial charge in [0.1, 0.15) is 0 Å². The predicted octanol–water partition coefficient (Wildman–Crippen LogP) is -0.166. The Kier molecular flexibility index (Phi) is 3.50. The molecule has 1 rings (SSSR count). The van der Waals surface area contributed by atoms with Crippen molar-refractivity contribution in [3.63, 3.8) is 0 Å². The van der Waals surface area contributed by atoms with Crippen LogP contribution in [-0.4, -0.2) is 55.1 Å². The first-order valence-corrected chi connectivity index (χ1v) is 4.26. The molecule has 0 saturated carbocycles. The Morgan fingerprint density at radius 1 is 1.77 bits per heavy atom. The second-order valence-electron chi connectivity index (χ2n) is 3.11. The smallest absolute Gasteiger partial charge is 0.409 e. The molecule has 2 atom stereocenters. The van der Waals surface area contributed by atoms with Crippen molar-refractivity contribution in [2.24, 2.45) is 0 Å². The first-order valence-electron chi connectivity index (χ1n) is 4.26. The highest BCUT2D eigenvalue weighted by atomic mass is 16.5. The highest BCUT2D eigenvalue weighted by molar-refractivity contribution is 5.68. The van der Waals surface area contributed by atoms with Gasteiger partial charge in [-0.1, -0.05) is 0 Å². The van der Waals surface area contributed by atoms with Crippen molar-refractivity contribution in [3.8, 4) is 0 Å². The van der Waals surface area contributed by atoms with Gasteiger partial charge in [-0.2, -0.15) is 0 Å². The number of nitrogens with zero attached hydrogens (tertiary/aromatic N) is 1. The highest BCUT2D eigenvalue weighted by Crippen LogP contribution is 2.12. The summed E-state index contributed by atoms with van der Waals surface area (Å²) in [5.74, 6) is 0. The van der Waals surface area contributed by atoms with E-state index in [0.29, 0.717) is 13.2 Å². The molecule has 1 aliphatic heterocycles. The van der Waals surface area contributed by atoms with Gasteiger partial charge < -0.3 is 19.5 Å². The molecule has 76 valence electrons. The van der Waals surface area contributed by atoms with Gasteiger partial charge in [-0.05, 0) is 6.92 Å². The van der Waals surface area contributed by atoms with Crippen LogP contribution in [-0.2, 0) is 9.47 Å². The summed E-state index contributed by atoms with van der Waals surface area (Å²) in [4.78, 5) is 12.8. The van der Waals surface area contributed by atoms with Crippen LogP contribution >= 0.6 is 0 Å². The standard InChI is InChI=1S/C8H15NO4/c1-6-5-13-7(4-10)3-9(6)8(11)12-2/h6-7,10H,3-5H2,1-2H3. The van der Waals surface area contributed by atoms with E-state index in [1.165, 1.54) is 7.11 Å². The molecule has 5 nitrogen and oxygen atoms in total. The van der Waals surface area contributed by atoms with Crippen molar-refractivity contribution in [2.45, 2.75) is 19.1 Å². The van der Waals surface area contributed by atoms with E-state index in [-0.39, 0.29) is 24.8 Å². The van der Waals surface area contributed by atoms with E-state index in [1.807, 2.05) is 6.92 Å². The zero-order chi connectivity index (χ0) is 9.84. The Morgan fingerprint density at radius 3 is 3.00 bits per heavy atom. The van der Waals surface area contributed by atoms with Gasteiger partial charge in [0.15, 0.2) is 0 Å². The van der Waals surface area contributed by atoms with Crippen LogP contribution in [0, 0.1) is 0 Å². The number of morpholine rings is 1. The molecule has 0 aliphatic carbocycles. The van der Waals surface area contributed by atoms with Crippen LogP contribution in [0.4, 0.5) is 4.79 Å². The first kappa shape index (κ1) is 10.3. The molecule has 0 radical (unpaired) electrons. The molecule has 1 aliphatic rings. The zero-order valence-electron chi connectivity index (χ0n) is 7.90. The Hall–Kier alpha value is -0.810. The lowest BCUT2D eigenvalue weighted by Crippen LogP contribution is -2.51. The Morgan fingerprint density at radius 2 is 2.46 bits per heavy atom. The number of hydrogen-bond acceptors (Lipinski definition) is 4. The molecule has 1 heterocycles. The summed E-state index contributed by atoms with van der Waals surface area (Å²) in [5, 5.41) is 8.85. The molecule has 1 fully saturated rings. The number of amides is 1. The fourth-order valence-electron chi connectivity index (χ4n) is 1.30. The Labute approximate surface area is 77.2 Å². The van der Waals surface area contributed by atoms with Crippen molar-refractivity contribution in [1.82, 2.24) is 4.90 Å². The lowest BCUT2D eigenvalue weighted by Gasteiger charge is -2.36. The van der Waals surface area contributed by atoms with E-state index in [0.717, 1.165) is 0 Å². The second-order valence-corrected chi connectivity index (χ2v) is 3.11. The van der Waals surface area contributed by atoms with Crippen LogP contribution < -0.4 is 0 Å². The van der Waals surface area contributed by atoms with Gasteiger partial charge >= 0.3 is 6.09 Å². The fourth-order valence-corrected chi connectivity index (χ4v) is 1.30. The molecule has 5 heteroatoms. The van der Waals surface area contributed by atoms with Crippen LogP contribution in [0.15, 0.2) is 0 Å². The zero-order valence-corrected chi connectivity index (χ0v) is 7.90. The maximum absolute atomic E-state index is 11.2. The van der Waals surface area contributed by atoms with Gasteiger partial charge in [0.2, 0.25) is 0 Å². The largest absolute Gasteiger partial charge is 0.453 e. The van der Waals surface area contributed by atoms with Gasteiger partial charge in [0.25, 0.3) is 0 Å². The molecular weight excluding hydrogens is 174 g/mol. The molecule has 13 heavy (non-hydrogen) atoms. The van der Waals surface area contributed by atoms with Crippen LogP contribution in [0.3, 0.4) is 0 Å². The second kappa shape index (κ2) is 4.43. The van der Waals surface area contributed by atoms with Gasteiger partial charge in [-0.3, -0.25) is 0 Å². The maximum atomic E-state index is 11.2. The number of rotatable bonds is 1. The highest BCUT2D eigenvalue weighted by Gasteiger charge is 2.29. The summed E-state index contributed by atoms with van der Waals surface area (Å²) < 4.78 is 9.87. The monoisotopic (exact) mass is 189 g/mol. The molecule has 1 N–H and O–H groups in total. The molecule has 1 saturated heterocycles. The summed E-state index contributed by atoms with van der Waals surface area (Å²) in [7, 11) is 1.35. The number of methoxy groups -OCH3 is 1. The van der Waals surface area contributed by atoms with E-state index in [2.05, 4.69) is 4.74 Å². The minimum atomic E-state index is -0.366. The van der Waals surface area contributed by atoms with E-state index < -0.39 is 0 Å². The lowest BCUT2D eigenvalue weighted by atomic mass is 10.2. The molecule has 1 amide bonds. The van der Waals surface area contributed by atoms with E-state index in [1.54, 1.807) is 4.90 Å². The normalized spacial score (nSPS) is 28.7. The van der Waals surface area contributed by atoms with E-state index in [9.17, 15) is 4.79 Å². The van der Waals surface area contributed by atoms with Crippen LogP contribution in [0.1, 0.15) is 6.92 Å². The average molecular weight is 189 g/mol. The number of ether oxygens (including phenoxy) is 2. The quantitative estimate of drug-likeness (QED) is 0.622. The minimum Gasteiger partial charge on any atom is -0.453 e. The lowest BCUT2D eigenvalue weighted by molar-refractivity contribution is -0.0705. The number of carbonyl (C=O) groups excluding carboxylic acids is 1. The summed E-state index contributed by atoms with van der Waals surface area (Å²) in [6.45, 7) is 2.65. The molecule has 0 aromatic heterocycles. The van der Waals surface area contributed by atoms with E-state index in [4.69, 9.17) is 9.84 Å². The first-order chi connectivity index (χ1) is 6.19. The summed E-state index contributed by atoms with van der Waals surface area (Å²) in [6.07, 6.45) is -0.649.